The average Bonchev–Trinajstić information content (AvgIpc) is 2.03. The quantitative estimate of drug-likeness (QED) is 0.788. The van der Waals surface area contributed by atoms with E-state index in [-0.39, 0.29) is 5.75 Å². The lowest BCUT2D eigenvalue weighted by Gasteiger charge is -2.04. The van der Waals surface area contributed by atoms with Gasteiger partial charge in [0.15, 0.2) is 0 Å². The first-order valence-electron chi connectivity index (χ1n) is 4.23. The van der Waals surface area contributed by atoms with E-state index in [4.69, 9.17) is 5.14 Å². The van der Waals surface area contributed by atoms with Crippen LogP contribution in [-0.4, -0.2) is 23.1 Å². The smallest absolute Gasteiger partial charge is 0.229 e. The van der Waals surface area contributed by atoms with Crippen LogP contribution in [-0.2, 0) is 25.8 Å². The summed E-state index contributed by atoms with van der Waals surface area (Å²) in [5.74, 6) is -0.272. The zero-order valence-electron chi connectivity index (χ0n) is 8.54. The van der Waals surface area contributed by atoms with Gasteiger partial charge in [-0.15, -0.1) is 0 Å². The van der Waals surface area contributed by atoms with Crippen molar-refractivity contribution < 1.29 is 16.8 Å². The van der Waals surface area contributed by atoms with Crippen molar-refractivity contribution in [3.8, 4) is 0 Å². The molecule has 1 rings (SSSR count). The van der Waals surface area contributed by atoms with E-state index in [9.17, 15) is 16.8 Å². The second-order valence-electron chi connectivity index (χ2n) is 3.38. The summed E-state index contributed by atoms with van der Waals surface area (Å²) < 4.78 is 45.6. The number of nitrogens with one attached hydrogen (secondary N) is 1. The van der Waals surface area contributed by atoms with Crippen LogP contribution in [0.2, 0.25) is 0 Å². The average molecular weight is 264 g/mol. The molecule has 6 nitrogen and oxygen atoms in total. The summed E-state index contributed by atoms with van der Waals surface area (Å²) in [6, 6.07) is 5.94. The molecule has 90 valence electrons. The van der Waals surface area contributed by atoms with Crippen molar-refractivity contribution in [3.63, 3.8) is 0 Å². The van der Waals surface area contributed by atoms with Crippen molar-refractivity contribution in [1.29, 1.82) is 0 Å². The van der Waals surface area contributed by atoms with Gasteiger partial charge in [0, 0.05) is 5.69 Å². The van der Waals surface area contributed by atoms with Gasteiger partial charge >= 0.3 is 0 Å². The molecule has 0 bridgehead atoms. The van der Waals surface area contributed by atoms with Crippen LogP contribution in [0.25, 0.3) is 0 Å². The Balaban J connectivity index is 2.84. The maximum atomic E-state index is 10.9. The van der Waals surface area contributed by atoms with Crippen molar-refractivity contribution in [1.82, 2.24) is 0 Å². The lowest BCUT2D eigenvalue weighted by atomic mass is 10.2. The lowest BCUT2D eigenvalue weighted by Crippen LogP contribution is -2.14. The highest BCUT2D eigenvalue weighted by Crippen LogP contribution is 2.12. The van der Waals surface area contributed by atoms with Crippen LogP contribution < -0.4 is 9.86 Å². The molecule has 1 aromatic carbocycles. The van der Waals surface area contributed by atoms with Crippen LogP contribution in [0, 0.1) is 0 Å². The Morgan fingerprint density at radius 3 is 2.00 bits per heavy atom. The van der Waals surface area contributed by atoms with Gasteiger partial charge in [-0.2, -0.15) is 0 Å². The third-order valence-electron chi connectivity index (χ3n) is 1.63. The molecule has 0 radical (unpaired) electrons. The number of hydrogen-bond donors (Lipinski definition) is 2. The first-order chi connectivity index (χ1) is 7.16. The van der Waals surface area contributed by atoms with Gasteiger partial charge < -0.3 is 0 Å². The molecule has 0 saturated carbocycles. The fourth-order valence-corrected chi connectivity index (χ4v) is 2.34. The number of rotatable bonds is 4. The van der Waals surface area contributed by atoms with Crippen LogP contribution in [0.15, 0.2) is 24.3 Å². The van der Waals surface area contributed by atoms with Crippen LogP contribution in [0.3, 0.4) is 0 Å². The Kier molecular flexibility index (Phi) is 3.56. The van der Waals surface area contributed by atoms with E-state index in [2.05, 4.69) is 4.72 Å². The summed E-state index contributed by atoms with van der Waals surface area (Å²) in [4.78, 5) is 0. The molecule has 0 fully saturated rings. The summed E-state index contributed by atoms with van der Waals surface area (Å²) in [6.45, 7) is 0. The fraction of sp³-hybridized carbons (Fsp3) is 0.250. The minimum atomic E-state index is -3.56. The van der Waals surface area contributed by atoms with Crippen molar-refractivity contribution in [2.24, 2.45) is 5.14 Å². The van der Waals surface area contributed by atoms with E-state index in [0.717, 1.165) is 6.26 Å². The number of sulfonamides is 2. The Labute approximate surface area is 94.6 Å². The van der Waals surface area contributed by atoms with Gasteiger partial charge in [-0.05, 0) is 17.7 Å². The van der Waals surface area contributed by atoms with E-state index >= 15 is 0 Å². The minimum Gasteiger partial charge on any atom is -0.284 e. The molecule has 0 heterocycles. The van der Waals surface area contributed by atoms with E-state index < -0.39 is 20.0 Å². The van der Waals surface area contributed by atoms with Crippen molar-refractivity contribution in [3.05, 3.63) is 29.8 Å². The number of primary sulfonamides is 1. The van der Waals surface area contributed by atoms with Crippen LogP contribution in [0.4, 0.5) is 5.69 Å². The molecule has 0 aliphatic heterocycles. The standard InChI is InChI=1S/C8H12N2O4S2/c1-15(11,12)10-8-4-2-7(3-5-8)6-16(9,13)14/h2-5,10H,6H2,1H3,(H2,9,13,14). The topological polar surface area (TPSA) is 106 Å². The number of anilines is 1. The third-order valence-corrected chi connectivity index (χ3v) is 2.97. The van der Waals surface area contributed by atoms with E-state index in [1.54, 1.807) is 0 Å². The van der Waals surface area contributed by atoms with Gasteiger partial charge in [-0.25, -0.2) is 22.0 Å². The molecular formula is C8H12N2O4S2. The molecule has 0 atom stereocenters. The zero-order chi connectivity index (χ0) is 12.4. The Bertz CT molecular complexity index is 508. The molecule has 16 heavy (non-hydrogen) atoms. The maximum absolute atomic E-state index is 10.9. The van der Waals surface area contributed by atoms with E-state index in [0.29, 0.717) is 11.3 Å². The molecule has 0 aliphatic carbocycles. The van der Waals surface area contributed by atoms with Crippen molar-refractivity contribution >= 4 is 25.7 Å². The molecule has 3 N–H and O–H groups in total. The monoisotopic (exact) mass is 264 g/mol. The molecule has 0 saturated heterocycles. The number of nitrogens with two attached hydrogens (primary N) is 1. The molecule has 1 aromatic rings. The van der Waals surface area contributed by atoms with Gasteiger partial charge in [0.2, 0.25) is 20.0 Å². The summed E-state index contributed by atoms with van der Waals surface area (Å²) in [5.41, 5.74) is 0.877. The Morgan fingerprint density at radius 1 is 1.12 bits per heavy atom. The molecule has 0 aromatic heterocycles. The highest BCUT2D eigenvalue weighted by atomic mass is 32.2. The maximum Gasteiger partial charge on any atom is 0.229 e. The molecule has 0 spiro atoms. The minimum absolute atomic E-state index is 0.272. The largest absolute Gasteiger partial charge is 0.284 e. The second-order valence-corrected chi connectivity index (χ2v) is 6.74. The fourth-order valence-electron chi connectivity index (χ4n) is 1.12. The summed E-state index contributed by atoms with van der Waals surface area (Å²) in [6.07, 6.45) is 1.03. The van der Waals surface area contributed by atoms with Gasteiger partial charge in [0.1, 0.15) is 0 Å². The highest BCUT2D eigenvalue weighted by Gasteiger charge is 2.06. The number of hydrogen-bond acceptors (Lipinski definition) is 4. The highest BCUT2D eigenvalue weighted by molar-refractivity contribution is 7.92. The van der Waals surface area contributed by atoms with Crippen molar-refractivity contribution in [2.45, 2.75) is 5.75 Å². The molecule has 0 aliphatic rings. The predicted octanol–water partition coefficient (Wildman–Crippen LogP) is -0.153. The van der Waals surface area contributed by atoms with Gasteiger partial charge in [0.05, 0.1) is 12.0 Å². The number of benzene rings is 1. The summed E-state index contributed by atoms with van der Waals surface area (Å²) in [7, 11) is -6.88. The Morgan fingerprint density at radius 2 is 1.62 bits per heavy atom. The third kappa shape index (κ3) is 5.10. The SMILES string of the molecule is CS(=O)(=O)Nc1ccc(CS(N)(=O)=O)cc1. The normalized spacial score (nSPS) is 12.4. The molecular weight excluding hydrogens is 252 g/mol. The first kappa shape index (κ1) is 12.9. The molecule has 8 heteroatoms. The van der Waals surface area contributed by atoms with Gasteiger partial charge in [0.25, 0.3) is 0 Å². The van der Waals surface area contributed by atoms with Crippen LogP contribution >= 0.6 is 0 Å². The second kappa shape index (κ2) is 4.40. The summed E-state index contributed by atoms with van der Waals surface area (Å²) in [5, 5.41) is 4.87. The predicted molar refractivity (Wildman–Crippen MR) is 61.7 cm³/mol. The lowest BCUT2D eigenvalue weighted by molar-refractivity contribution is 0.596. The van der Waals surface area contributed by atoms with Gasteiger partial charge in [-0.3, -0.25) is 4.72 Å². The van der Waals surface area contributed by atoms with Gasteiger partial charge in [-0.1, -0.05) is 12.1 Å². The molecule has 0 amide bonds. The van der Waals surface area contributed by atoms with Crippen LogP contribution in [0.1, 0.15) is 5.56 Å². The van der Waals surface area contributed by atoms with E-state index in [1.807, 2.05) is 0 Å². The Hall–Kier alpha value is -1.12. The first-order valence-corrected chi connectivity index (χ1v) is 7.84. The summed E-state index contributed by atoms with van der Waals surface area (Å²) >= 11 is 0. The molecule has 0 unspecified atom stereocenters. The van der Waals surface area contributed by atoms with E-state index in [1.165, 1.54) is 24.3 Å². The van der Waals surface area contributed by atoms with Crippen LogP contribution in [0.5, 0.6) is 0 Å². The zero-order valence-corrected chi connectivity index (χ0v) is 10.2. The van der Waals surface area contributed by atoms with Crippen molar-refractivity contribution in [2.75, 3.05) is 11.0 Å².